The van der Waals surface area contributed by atoms with Crippen molar-refractivity contribution < 1.29 is 14.0 Å². The smallest absolute Gasteiger partial charge is 0.231 e. The zero-order chi connectivity index (χ0) is 16.4. The van der Waals surface area contributed by atoms with E-state index in [2.05, 4.69) is 5.32 Å². The van der Waals surface area contributed by atoms with Gasteiger partial charge in [-0.05, 0) is 42.9 Å². The van der Waals surface area contributed by atoms with Gasteiger partial charge < -0.3 is 11.1 Å². The lowest BCUT2D eigenvalue weighted by Gasteiger charge is -2.31. The molecule has 3 N–H and O–H groups in total. The van der Waals surface area contributed by atoms with Crippen LogP contribution >= 0.6 is 0 Å². The quantitative estimate of drug-likeness (QED) is 0.850. The van der Waals surface area contributed by atoms with Gasteiger partial charge in [-0.15, -0.1) is 0 Å². The minimum Gasteiger partial charge on any atom is -0.369 e. The van der Waals surface area contributed by atoms with Gasteiger partial charge in [-0.1, -0.05) is 12.1 Å². The molecular weight excluding hydrogens is 297 g/mol. The van der Waals surface area contributed by atoms with Crippen LogP contribution < -0.4 is 11.1 Å². The number of carbonyl (C=O) groups excluding carboxylic acids is 2. The fraction of sp³-hybridized carbons (Fsp3) is 0.529. The molecule has 1 saturated heterocycles. The standard InChI is InChI=1S/C17H22FN3O2/c18-12-3-1-11(2-4-12)14-9-15(14)17(23)20-13-5-7-21(8-6-13)10-16(19)22/h1-4,13-15H,5-10H2,(H2,19,22)(H,20,23)/t14-,15-/m1/s1. The van der Waals surface area contributed by atoms with E-state index in [1.165, 1.54) is 12.1 Å². The molecule has 6 heteroatoms. The predicted octanol–water partition coefficient (Wildman–Crippen LogP) is 0.995. The number of nitrogens with two attached hydrogens (primary N) is 1. The van der Waals surface area contributed by atoms with Crippen LogP contribution in [0, 0.1) is 11.7 Å². The minimum absolute atomic E-state index is 0.00381. The van der Waals surface area contributed by atoms with E-state index in [9.17, 15) is 14.0 Å². The first-order chi connectivity index (χ1) is 11.0. The van der Waals surface area contributed by atoms with Gasteiger partial charge in [-0.3, -0.25) is 14.5 Å². The van der Waals surface area contributed by atoms with Crippen molar-refractivity contribution in [3.8, 4) is 0 Å². The highest BCUT2D eigenvalue weighted by Gasteiger charge is 2.44. The summed E-state index contributed by atoms with van der Waals surface area (Å²) in [5.41, 5.74) is 6.22. The van der Waals surface area contributed by atoms with Crippen LogP contribution in [-0.4, -0.2) is 42.4 Å². The molecule has 1 aromatic carbocycles. The second-order valence-electron chi connectivity index (χ2n) is 6.53. The average molecular weight is 319 g/mol. The summed E-state index contributed by atoms with van der Waals surface area (Å²) < 4.78 is 12.9. The number of nitrogens with zero attached hydrogens (tertiary/aromatic N) is 1. The number of halogens is 1. The van der Waals surface area contributed by atoms with Crippen molar-refractivity contribution in [1.82, 2.24) is 10.2 Å². The summed E-state index contributed by atoms with van der Waals surface area (Å²) in [4.78, 5) is 25.2. The van der Waals surface area contributed by atoms with Gasteiger partial charge in [0.25, 0.3) is 0 Å². The van der Waals surface area contributed by atoms with E-state index < -0.39 is 0 Å². The van der Waals surface area contributed by atoms with E-state index in [1.54, 1.807) is 12.1 Å². The SMILES string of the molecule is NC(=O)CN1CCC(NC(=O)[C@@H]2C[C@@H]2c2ccc(F)cc2)CC1. The summed E-state index contributed by atoms with van der Waals surface area (Å²) in [6.07, 6.45) is 2.51. The number of hydrogen-bond donors (Lipinski definition) is 2. The number of carbonyl (C=O) groups is 2. The van der Waals surface area contributed by atoms with Gasteiger partial charge in [0.1, 0.15) is 5.82 Å². The van der Waals surface area contributed by atoms with Crippen LogP contribution in [0.1, 0.15) is 30.7 Å². The van der Waals surface area contributed by atoms with Crippen LogP contribution in [0.5, 0.6) is 0 Å². The maximum Gasteiger partial charge on any atom is 0.231 e. The molecule has 0 bridgehead atoms. The van der Waals surface area contributed by atoms with E-state index in [1.807, 2.05) is 4.90 Å². The molecule has 1 aromatic rings. The highest BCUT2D eigenvalue weighted by atomic mass is 19.1. The average Bonchev–Trinajstić information content (AvgIpc) is 3.30. The Hall–Kier alpha value is -1.95. The van der Waals surface area contributed by atoms with Gasteiger partial charge in [0, 0.05) is 25.0 Å². The van der Waals surface area contributed by atoms with E-state index in [0.717, 1.165) is 37.9 Å². The largest absolute Gasteiger partial charge is 0.369 e. The maximum atomic E-state index is 12.9. The van der Waals surface area contributed by atoms with E-state index in [0.29, 0.717) is 0 Å². The number of nitrogens with one attached hydrogen (secondary N) is 1. The van der Waals surface area contributed by atoms with E-state index in [4.69, 9.17) is 5.73 Å². The second kappa shape index (κ2) is 6.66. The summed E-state index contributed by atoms with van der Waals surface area (Å²) >= 11 is 0. The Labute approximate surface area is 135 Å². The van der Waals surface area contributed by atoms with Crippen LogP contribution in [0.4, 0.5) is 4.39 Å². The van der Waals surface area contributed by atoms with Gasteiger partial charge in [0.05, 0.1) is 6.54 Å². The molecule has 1 heterocycles. The van der Waals surface area contributed by atoms with Crippen LogP contribution in [0.3, 0.4) is 0 Å². The molecule has 2 atom stereocenters. The van der Waals surface area contributed by atoms with Crippen LogP contribution in [0.25, 0.3) is 0 Å². The number of amides is 2. The van der Waals surface area contributed by atoms with Gasteiger partial charge in [-0.25, -0.2) is 4.39 Å². The number of likely N-dealkylation sites (tertiary alicyclic amines) is 1. The summed E-state index contributed by atoms with van der Waals surface area (Å²) in [6.45, 7) is 1.84. The molecule has 2 aliphatic rings. The lowest BCUT2D eigenvalue weighted by molar-refractivity contribution is -0.124. The Morgan fingerprint density at radius 3 is 2.48 bits per heavy atom. The zero-order valence-corrected chi connectivity index (χ0v) is 13.0. The monoisotopic (exact) mass is 319 g/mol. The molecule has 1 aliphatic heterocycles. The van der Waals surface area contributed by atoms with Gasteiger partial charge in [-0.2, -0.15) is 0 Å². The minimum atomic E-state index is -0.312. The lowest BCUT2D eigenvalue weighted by Crippen LogP contribution is -2.47. The Balaban J connectivity index is 1.44. The molecule has 1 saturated carbocycles. The lowest BCUT2D eigenvalue weighted by atomic mass is 10.0. The maximum absolute atomic E-state index is 12.9. The molecule has 0 radical (unpaired) electrons. The highest BCUT2D eigenvalue weighted by molar-refractivity contribution is 5.83. The van der Waals surface area contributed by atoms with Crippen molar-refractivity contribution in [3.63, 3.8) is 0 Å². The van der Waals surface area contributed by atoms with Crippen molar-refractivity contribution in [3.05, 3.63) is 35.6 Å². The molecule has 0 aromatic heterocycles. The van der Waals surface area contributed by atoms with Crippen LogP contribution in [-0.2, 0) is 9.59 Å². The molecular formula is C17H22FN3O2. The summed E-state index contributed by atoms with van der Waals surface area (Å²) in [5, 5.41) is 3.11. The Kier molecular flexibility index (Phi) is 4.61. The Bertz CT molecular complexity index is 582. The van der Waals surface area contributed by atoms with Crippen molar-refractivity contribution in [2.45, 2.75) is 31.2 Å². The third kappa shape index (κ3) is 4.07. The van der Waals surface area contributed by atoms with Crippen molar-refractivity contribution in [2.75, 3.05) is 19.6 Å². The number of hydrogen-bond acceptors (Lipinski definition) is 3. The normalized spacial score (nSPS) is 25.1. The molecule has 3 rings (SSSR count). The Morgan fingerprint density at radius 1 is 1.22 bits per heavy atom. The van der Waals surface area contributed by atoms with Crippen molar-refractivity contribution in [2.24, 2.45) is 11.7 Å². The third-order valence-corrected chi connectivity index (χ3v) is 4.74. The summed E-state index contributed by atoms with van der Waals surface area (Å²) in [6, 6.07) is 6.57. The van der Waals surface area contributed by atoms with E-state index in [-0.39, 0.29) is 42.1 Å². The van der Waals surface area contributed by atoms with Crippen molar-refractivity contribution >= 4 is 11.8 Å². The first kappa shape index (κ1) is 15.9. The summed E-state index contributed by atoms with van der Waals surface area (Å²) in [7, 11) is 0. The molecule has 23 heavy (non-hydrogen) atoms. The molecule has 1 aliphatic carbocycles. The van der Waals surface area contributed by atoms with Gasteiger partial charge in [0.15, 0.2) is 0 Å². The number of rotatable bonds is 5. The topological polar surface area (TPSA) is 75.4 Å². The number of piperidine rings is 1. The van der Waals surface area contributed by atoms with Crippen LogP contribution in [0.15, 0.2) is 24.3 Å². The Morgan fingerprint density at radius 2 is 1.87 bits per heavy atom. The molecule has 0 spiro atoms. The number of primary amides is 1. The fourth-order valence-electron chi connectivity index (χ4n) is 3.33. The third-order valence-electron chi connectivity index (χ3n) is 4.74. The fourth-order valence-corrected chi connectivity index (χ4v) is 3.33. The zero-order valence-electron chi connectivity index (χ0n) is 13.0. The van der Waals surface area contributed by atoms with Gasteiger partial charge in [0.2, 0.25) is 11.8 Å². The molecule has 2 amide bonds. The first-order valence-corrected chi connectivity index (χ1v) is 8.09. The van der Waals surface area contributed by atoms with Gasteiger partial charge >= 0.3 is 0 Å². The summed E-state index contributed by atoms with van der Waals surface area (Å²) in [5.74, 6) is -0.256. The predicted molar refractivity (Wildman–Crippen MR) is 84.0 cm³/mol. The van der Waals surface area contributed by atoms with Crippen molar-refractivity contribution in [1.29, 1.82) is 0 Å². The molecule has 2 fully saturated rings. The second-order valence-corrected chi connectivity index (χ2v) is 6.53. The highest BCUT2D eigenvalue weighted by Crippen LogP contribution is 2.47. The van der Waals surface area contributed by atoms with E-state index >= 15 is 0 Å². The molecule has 0 unspecified atom stereocenters. The number of benzene rings is 1. The van der Waals surface area contributed by atoms with Crippen LogP contribution in [0.2, 0.25) is 0 Å². The molecule has 124 valence electrons. The first-order valence-electron chi connectivity index (χ1n) is 8.09. The molecule has 5 nitrogen and oxygen atoms in total.